The van der Waals surface area contributed by atoms with Gasteiger partial charge in [-0.1, -0.05) is 24.3 Å². The molecule has 0 aliphatic heterocycles. The van der Waals surface area contributed by atoms with Crippen molar-refractivity contribution in [1.29, 1.82) is 0 Å². The van der Waals surface area contributed by atoms with Crippen LogP contribution in [0, 0.1) is 25.5 Å². The molecule has 0 fully saturated rings. The number of ketones is 1. The van der Waals surface area contributed by atoms with E-state index in [0.717, 1.165) is 23.3 Å². The monoisotopic (exact) mass is 246 g/mol. The number of hydrogen-bond donors (Lipinski definition) is 0. The van der Waals surface area contributed by atoms with Gasteiger partial charge in [0.1, 0.15) is 11.6 Å². The first-order valence-electron chi connectivity index (χ1n) is 5.57. The lowest BCUT2D eigenvalue weighted by molar-refractivity contribution is 0.103. The van der Waals surface area contributed by atoms with Crippen molar-refractivity contribution in [3.8, 4) is 0 Å². The number of aryl methyl sites for hydroxylation is 1. The number of halogens is 2. The lowest BCUT2D eigenvalue weighted by Gasteiger charge is -2.08. The summed E-state index contributed by atoms with van der Waals surface area (Å²) in [5.41, 5.74) is 1.49. The Balaban J connectivity index is 2.59. The molecular formula is C15H12F2O. The predicted octanol–water partition coefficient (Wildman–Crippen LogP) is 3.81. The summed E-state index contributed by atoms with van der Waals surface area (Å²) in [6, 6.07) is 8.54. The van der Waals surface area contributed by atoms with E-state index >= 15 is 0 Å². The molecule has 18 heavy (non-hydrogen) atoms. The van der Waals surface area contributed by atoms with E-state index in [1.165, 1.54) is 6.07 Å². The Bertz CT molecular complexity index is 598. The third-order valence-corrected chi connectivity index (χ3v) is 3.04. The van der Waals surface area contributed by atoms with Gasteiger partial charge in [-0.2, -0.15) is 0 Å². The van der Waals surface area contributed by atoms with E-state index in [9.17, 15) is 13.6 Å². The molecule has 1 nitrogen and oxygen atoms in total. The van der Waals surface area contributed by atoms with Crippen LogP contribution in [-0.4, -0.2) is 5.78 Å². The Morgan fingerprint density at radius 1 is 0.944 bits per heavy atom. The standard InChI is InChI=1S/C15H12F2O/c1-9-5-3-6-11(10(9)2)15(18)14-12(16)7-4-8-13(14)17/h3-8H,1-2H3. The SMILES string of the molecule is Cc1cccc(C(=O)c2c(F)cccc2F)c1C. The van der Waals surface area contributed by atoms with Crippen LogP contribution in [0.2, 0.25) is 0 Å². The molecule has 0 spiro atoms. The zero-order valence-electron chi connectivity index (χ0n) is 10.1. The Morgan fingerprint density at radius 3 is 2.11 bits per heavy atom. The van der Waals surface area contributed by atoms with Gasteiger partial charge in [-0.05, 0) is 37.1 Å². The Morgan fingerprint density at radius 2 is 1.50 bits per heavy atom. The second-order valence-electron chi connectivity index (χ2n) is 4.17. The number of benzene rings is 2. The highest BCUT2D eigenvalue weighted by Crippen LogP contribution is 2.20. The minimum atomic E-state index is -0.832. The highest BCUT2D eigenvalue weighted by Gasteiger charge is 2.20. The third kappa shape index (κ3) is 2.04. The van der Waals surface area contributed by atoms with Gasteiger partial charge >= 0.3 is 0 Å². The Hall–Kier alpha value is -2.03. The van der Waals surface area contributed by atoms with E-state index < -0.39 is 23.0 Å². The molecule has 0 saturated heterocycles. The van der Waals surface area contributed by atoms with E-state index in [0.29, 0.717) is 5.56 Å². The average Bonchev–Trinajstić information content (AvgIpc) is 2.32. The zero-order valence-corrected chi connectivity index (χ0v) is 10.1. The Labute approximate surface area is 104 Å². The third-order valence-electron chi connectivity index (χ3n) is 3.04. The first-order chi connectivity index (χ1) is 8.52. The van der Waals surface area contributed by atoms with Crippen LogP contribution in [0.4, 0.5) is 8.78 Å². The van der Waals surface area contributed by atoms with Crippen molar-refractivity contribution in [2.24, 2.45) is 0 Å². The van der Waals surface area contributed by atoms with Gasteiger partial charge in [-0.15, -0.1) is 0 Å². The van der Waals surface area contributed by atoms with Crippen LogP contribution in [0.5, 0.6) is 0 Å². The van der Waals surface area contributed by atoms with Crippen LogP contribution < -0.4 is 0 Å². The van der Waals surface area contributed by atoms with Gasteiger partial charge in [0.25, 0.3) is 0 Å². The summed E-state index contributed by atoms with van der Waals surface area (Å²) in [5, 5.41) is 0. The Kier molecular flexibility index (Phi) is 3.24. The van der Waals surface area contributed by atoms with Gasteiger partial charge in [0.15, 0.2) is 5.78 Å². The maximum absolute atomic E-state index is 13.6. The van der Waals surface area contributed by atoms with Crippen molar-refractivity contribution in [1.82, 2.24) is 0 Å². The second-order valence-corrected chi connectivity index (χ2v) is 4.17. The number of hydrogen-bond acceptors (Lipinski definition) is 1. The molecule has 0 atom stereocenters. The largest absolute Gasteiger partial charge is 0.288 e. The summed E-state index contributed by atoms with van der Waals surface area (Å²) in [5.74, 6) is -2.28. The average molecular weight is 246 g/mol. The summed E-state index contributed by atoms with van der Waals surface area (Å²) >= 11 is 0. The minimum absolute atomic E-state index is 0.332. The number of rotatable bonds is 2. The van der Waals surface area contributed by atoms with Crippen LogP contribution in [-0.2, 0) is 0 Å². The van der Waals surface area contributed by atoms with Crippen LogP contribution in [0.1, 0.15) is 27.0 Å². The molecule has 0 aliphatic carbocycles. The first-order valence-corrected chi connectivity index (χ1v) is 5.57. The van der Waals surface area contributed by atoms with Gasteiger partial charge in [-0.3, -0.25) is 4.79 Å². The van der Waals surface area contributed by atoms with E-state index in [1.807, 2.05) is 13.0 Å². The maximum atomic E-state index is 13.6. The maximum Gasteiger partial charge on any atom is 0.199 e. The van der Waals surface area contributed by atoms with Crippen molar-refractivity contribution >= 4 is 5.78 Å². The van der Waals surface area contributed by atoms with Crippen molar-refractivity contribution in [3.05, 3.63) is 70.3 Å². The molecule has 0 saturated carbocycles. The number of carbonyl (C=O) groups is 1. The number of carbonyl (C=O) groups excluding carboxylic acids is 1. The molecule has 0 aromatic heterocycles. The topological polar surface area (TPSA) is 17.1 Å². The van der Waals surface area contributed by atoms with Crippen LogP contribution in [0.15, 0.2) is 36.4 Å². The van der Waals surface area contributed by atoms with Gasteiger partial charge in [0.2, 0.25) is 0 Å². The smallest absolute Gasteiger partial charge is 0.199 e. The van der Waals surface area contributed by atoms with Gasteiger partial charge in [0, 0.05) is 5.56 Å². The predicted molar refractivity (Wildman–Crippen MR) is 65.7 cm³/mol. The normalized spacial score (nSPS) is 10.4. The molecule has 0 radical (unpaired) electrons. The van der Waals surface area contributed by atoms with Crippen LogP contribution in [0.25, 0.3) is 0 Å². The van der Waals surface area contributed by atoms with Crippen molar-refractivity contribution < 1.29 is 13.6 Å². The van der Waals surface area contributed by atoms with Crippen molar-refractivity contribution in [3.63, 3.8) is 0 Å². The molecule has 0 bridgehead atoms. The fourth-order valence-electron chi connectivity index (χ4n) is 1.85. The molecule has 2 aromatic rings. The zero-order chi connectivity index (χ0) is 13.3. The second kappa shape index (κ2) is 4.69. The van der Waals surface area contributed by atoms with E-state index in [4.69, 9.17) is 0 Å². The summed E-state index contributed by atoms with van der Waals surface area (Å²) < 4.78 is 27.1. The molecule has 2 aromatic carbocycles. The van der Waals surface area contributed by atoms with Crippen molar-refractivity contribution in [2.75, 3.05) is 0 Å². The summed E-state index contributed by atoms with van der Waals surface area (Å²) in [6.45, 7) is 3.62. The van der Waals surface area contributed by atoms with Crippen LogP contribution >= 0.6 is 0 Å². The van der Waals surface area contributed by atoms with E-state index in [1.54, 1.807) is 19.1 Å². The quantitative estimate of drug-likeness (QED) is 0.736. The summed E-state index contributed by atoms with van der Waals surface area (Å²) in [6.07, 6.45) is 0. The van der Waals surface area contributed by atoms with Gasteiger partial charge < -0.3 is 0 Å². The molecule has 0 N–H and O–H groups in total. The molecule has 92 valence electrons. The molecule has 0 heterocycles. The van der Waals surface area contributed by atoms with Gasteiger partial charge in [0.05, 0.1) is 5.56 Å². The lowest BCUT2D eigenvalue weighted by atomic mass is 9.95. The highest BCUT2D eigenvalue weighted by atomic mass is 19.1. The molecule has 3 heteroatoms. The lowest BCUT2D eigenvalue weighted by Crippen LogP contribution is -2.09. The van der Waals surface area contributed by atoms with Gasteiger partial charge in [-0.25, -0.2) is 8.78 Å². The van der Waals surface area contributed by atoms with Crippen LogP contribution in [0.3, 0.4) is 0 Å². The van der Waals surface area contributed by atoms with Crippen molar-refractivity contribution in [2.45, 2.75) is 13.8 Å². The summed E-state index contributed by atoms with van der Waals surface area (Å²) in [7, 11) is 0. The van der Waals surface area contributed by atoms with E-state index in [2.05, 4.69) is 0 Å². The fraction of sp³-hybridized carbons (Fsp3) is 0.133. The van der Waals surface area contributed by atoms with E-state index in [-0.39, 0.29) is 0 Å². The summed E-state index contributed by atoms with van der Waals surface area (Å²) in [4.78, 5) is 12.2. The first kappa shape index (κ1) is 12.4. The molecule has 2 rings (SSSR count). The highest BCUT2D eigenvalue weighted by molar-refractivity contribution is 6.10. The molecule has 0 aliphatic rings. The molecule has 0 amide bonds. The molecule has 0 unspecified atom stereocenters. The minimum Gasteiger partial charge on any atom is -0.288 e. The fourth-order valence-corrected chi connectivity index (χ4v) is 1.85. The molecular weight excluding hydrogens is 234 g/mol.